The number of ether oxygens (including phenoxy) is 2. The molecule has 0 saturated heterocycles. The monoisotopic (exact) mass is 447 g/mol. The van der Waals surface area contributed by atoms with Crippen molar-refractivity contribution < 1.29 is 17.9 Å². The zero-order valence-corrected chi connectivity index (χ0v) is 18.6. The van der Waals surface area contributed by atoms with Crippen LogP contribution >= 0.6 is 0 Å². The number of hydrogen-bond donors (Lipinski definition) is 0. The molecule has 0 amide bonds. The molecule has 1 aliphatic rings. The fourth-order valence-corrected chi connectivity index (χ4v) is 5.27. The van der Waals surface area contributed by atoms with Crippen LogP contribution in [0.2, 0.25) is 0 Å². The summed E-state index contributed by atoms with van der Waals surface area (Å²) in [6.45, 7) is 1.03. The highest BCUT2D eigenvalue weighted by molar-refractivity contribution is 7.89. The highest BCUT2D eigenvalue weighted by Crippen LogP contribution is 2.29. The predicted molar refractivity (Wildman–Crippen MR) is 115 cm³/mol. The number of aryl methyl sites for hydroxylation is 1. The normalized spacial score (nSPS) is 14.7. The van der Waals surface area contributed by atoms with Crippen molar-refractivity contribution in [2.75, 3.05) is 33.1 Å². The molecule has 4 heterocycles. The van der Waals surface area contributed by atoms with Crippen LogP contribution in [0.1, 0.15) is 16.8 Å². The first-order valence-corrected chi connectivity index (χ1v) is 11.5. The van der Waals surface area contributed by atoms with Gasteiger partial charge in [-0.3, -0.25) is 4.79 Å². The zero-order chi connectivity index (χ0) is 22.2. The molecule has 0 saturated carbocycles. The van der Waals surface area contributed by atoms with E-state index >= 15 is 0 Å². The molecular formula is C20H25N5O5S. The number of rotatable bonds is 7. The lowest BCUT2D eigenvalue weighted by atomic mass is 10.1. The van der Waals surface area contributed by atoms with E-state index in [2.05, 4.69) is 10.1 Å². The Balaban J connectivity index is 1.68. The third-order valence-corrected chi connectivity index (χ3v) is 7.43. The van der Waals surface area contributed by atoms with Gasteiger partial charge in [0.1, 0.15) is 5.52 Å². The molecule has 0 atom stereocenters. The van der Waals surface area contributed by atoms with Crippen LogP contribution < -0.4 is 10.3 Å². The summed E-state index contributed by atoms with van der Waals surface area (Å²) in [6, 6.07) is 3.57. The molecule has 166 valence electrons. The molecule has 3 aromatic rings. The van der Waals surface area contributed by atoms with Crippen molar-refractivity contribution in [1.82, 2.24) is 23.6 Å². The maximum atomic E-state index is 13.2. The quantitative estimate of drug-likeness (QED) is 0.520. The summed E-state index contributed by atoms with van der Waals surface area (Å²) in [5.74, 6) is 0.437. The number of fused-ring (bicyclic) bond motifs is 3. The van der Waals surface area contributed by atoms with Crippen molar-refractivity contribution in [2.45, 2.75) is 19.5 Å². The first-order valence-electron chi connectivity index (χ1n) is 9.87. The summed E-state index contributed by atoms with van der Waals surface area (Å²) in [4.78, 5) is 17.4. The van der Waals surface area contributed by atoms with Gasteiger partial charge in [-0.05, 0) is 17.5 Å². The SMILES string of the molecule is COCCS(=O)(=O)N1CCc2c(n(C)c3c(=O)n(Cc4ccc(OC)nc4)ncc23)C1. The lowest BCUT2D eigenvalue weighted by Crippen LogP contribution is -2.38. The second kappa shape index (κ2) is 8.40. The largest absolute Gasteiger partial charge is 0.481 e. The number of methoxy groups -OCH3 is 2. The van der Waals surface area contributed by atoms with Crippen LogP contribution in [0, 0.1) is 0 Å². The maximum Gasteiger partial charge on any atom is 0.291 e. The minimum atomic E-state index is -3.43. The Morgan fingerprint density at radius 1 is 1.19 bits per heavy atom. The van der Waals surface area contributed by atoms with Gasteiger partial charge in [0.15, 0.2) is 0 Å². The number of pyridine rings is 1. The van der Waals surface area contributed by atoms with Crippen molar-refractivity contribution >= 4 is 20.9 Å². The smallest absolute Gasteiger partial charge is 0.291 e. The fraction of sp³-hybridized carbons (Fsp3) is 0.450. The summed E-state index contributed by atoms with van der Waals surface area (Å²) in [6.07, 6.45) is 3.88. The molecule has 0 aromatic carbocycles. The Bertz CT molecular complexity index is 1260. The number of nitrogens with zero attached hydrogens (tertiary/aromatic N) is 5. The maximum absolute atomic E-state index is 13.2. The first-order chi connectivity index (χ1) is 14.9. The van der Waals surface area contributed by atoms with Gasteiger partial charge in [-0.1, -0.05) is 6.07 Å². The van der Waals surface area contributed by atoms with Gasteiger partial charge in [0, 0.05) is 44.0 Å². The lowest BCUT2D eigenvalue weighted by Gasteiger charge is -2.27. The average molecular weight is 448 g/mol. The highest BCUT2D eigenvalue weighted by atomic mass is 32.2. The molecule has 0 bridgehead atoms. The lowest BCUT2D eigenvalue weighted by molar-refractivity contribution is 0.215. The van der Waals surface area contributed by atoms with Crippen LogP contribution in [-0.4, -0.2) is 65.2 Å². The van der Waals surface area contributed by atoms with Crippen molar-refractivity contribution in [2.24, 2.45) is 7.05 Å². The van der Waals surface area contributed by atoms with E-state index in [1.165, 1.54) is 16.1 Å². The van der Waals surface area contributed by atoms with E-state index in [9.17, 15) is 13.2 Å². The van der Waals surface area contributed by atoms with E-state index in [0.717, 1.165) is 22.2 Å². The summed E-state index contributed by atoms with van der Waals surface area (Å²) in [5.41, 5.74) is 2.93. The van der Waals surface area contributed by atoms with Crippen molar-refractivity contribution in [1.29, 1.82) is 0 Å². The van der Waals surface area contributed by atoms with Gasteiger partial charge in [0.2, 0.25) is 15.9 Å². The predicted octanol–water partition coefficient (Wildman–Crippen LogP) is 0.521. The van der Waals surface area contributed by atoms with Gasteiger partial charge >= 0.3 is 0 Å². The second-order valence-corrected chi connectivity index (χ2v) is 9.54. The van der Waals surface area contributed by atoms with E-state index in [0.29, 0.717) is 24.4 Å². The van der Waals surface area contributed by atoms with E-state index in [4.69, 9.17) is 9.47 Å². The van der Waals surface area contributed by atoms with E-state index in [1.807, 2.05) is 6.07 Å². The molecule has 3 aromatic heterocycles. The Labute approximate surface area is 180 Å². The molecule has 4 rings (SSSR count). The molecule has 0 N–H and O–H groups in total. The Morgan fingerprint density at radius 3 is 2.68 bits per heavy atom. The van der Waals surface area contributed by atoms with Gasteiger partial charge in [-0.15, -0.1) is 0 Å². The fourth-order valence-electron chi connectivity index (χ4n) is 3.95. The molecule has 0 radical (unpaired) electrons. The topological polar surface area (TPSA) is 109 Å². The summed E-state index contributed by atoms with van der Waals surface area (Å²) in [5, 5.41) is 5.14. The number of hydrogen-bond acceptors (Lipinski definition) is 7. The van der Waals surface area contributed by atoms with E-state index in [1.54, 1.807) is 37.2 Å². The Hall–Kier alpha value is -2.76. The molecule has 0 unspecified atom stereocenters. The molecule has 31 heavy (non-hydrogen) atoms. The standard InChI is InChI=1S/C20H25N5O5S/c1-23-17-13-24(31(27,28)9-8-29-2)7-6-15(17)16-11-22-25(20(26)19(16)23)12-14-4-5-18(30-3)21-10-14/h4-5,10-11H,6-9,12-13H2,1-3H3. The summed E-state index contributed by atoms with van der Waals surface area (Å²) >= 11 is 0. The van der Waals surface area contributed by atoms with Gasteiger partial charge in [-0.25, -0.2) is 18.1 Å². The molecule has 1 aliphatic heterocycles. The van der Waals surface area contributed by atoms with Gasteiger partial charge in [0.25, 0.3) is 5.56 Å². The third-order valence-electron chi connectivity index (χ3n) is 5.65. The van der Waals surface area contributed by atoms with Crippen LogP contribution in [0.5, 0.6) is 5.88 Å². The Kier molecular flexibility index (Phi) is 5.82. The molecule has 0 aliphatic carbocycles. The van der Waals surface area contributed by atoms with Crippen LogP contribution in [0.15, 0.2) is 29.3 Å². The van der Waals surface area contributed by atoms with Gasteiger partial charge in [-0.2, -0.15) is 9.40 Å². The summed E-state index contributed by atoms with van der Waals surface area (Å²) in [7, 11) is 1.40. The molecular weight excluding hydrogens is 422 g/mol. The van der Waals surface area contributed by atoms with Gasteiger partial charge in [0.05, 0.1) is 38.8 Å². The average Bonchev–Trinajstić information content (AvgIpc) is 3.07. The van der Waals surface area contributed by atoms with Crippen LogP contribution in [0.3, 0.4) is 0 Å². The molecule has 0 spiro atoms. The minimum Gasteiger partial charge on any atom is -0.481 e. The molecule has 10 nitrogen and oxygen atoms in total. The van der Waals surface area contributed by atoms with Gasteiger partial charge < -0.3 is 14.0 Å². The highest BCUT2D eigenvalue weighted by Gasteiger charge is 2.30. The van der Waals surface area contributed by atoms with Crippen LogP contribution in [0.4, 0.5) is 0 Å². The van der Waals surface area contributed by atoms with E-state index < -0.39 is 10.0 Å². The number of sulfonamides is 1. The van der Waals surface area contributed by atoms with Crippen molar-refractivity contribution in [3.63, 3.8) is 0 Å². The van der Waals surface area contributed by atoms with Crippen molar-refractivity contribution in [3.8, 4) is 5.88 Å². The third kappa shape index (κ3) is 3.95. The van der Waals surface area contributed by atoms with E-state index in [-0.39, 0.29) is 31.0 Å². The Morgan fingerprint density at radius 2 is 2.00 bits per heavy atom. The first kappa shape index (κ1) is 21.5. The minimum absolute atomic E-state index is 0.0625. The zero-order valence-electron chi connectivity index (χ0n) is 17.7. The second-order valence-electron chi connectivity index (χ2n) is 7.46. The molecule has 11 heteroatoms. The van der Waals surface area contributed by atoms with Crippen molar-refractivity contribution in [3.05, 3.63) is 51.7 Å². The van der Waals surface area contributed by atoms with Crippen LogP contribution in [0.25, 0.3) is 10.9 Å². The number of aromatic nitrogens is 4. The van der Waals surface area contributed by atoms with Crippen LogP contribution in [-0.2, 0) is 41.3 Å². The summed E-state index contributed by atoms with van der Waals surface area (Å²) < 4.78 is 39.8. The molecule has 0 fully saturated rings.